The first kappa shape index (κ1) is 13.9. The van der Waals surface area contributed by atoms with Crippen molar-refractivity contribution < 1.29 is 4.74 Å². The number of hydrogen-bond donors (Lipinski definition) is 0. The Balaban J connectivity index is 1.62. The first-order valence-corrected chi connectivity index (χ1v) is 7.73. The van der Waals surface area contributed by atoms with Gasteiger partial charge in [0.2, 0.25) is 0 Å². The molecule has 2 fully saturated rings. The summed E-state index contributed by atoms with van der Waals surface area (Å²) in [6.45, 7) is 6.15. The Labute approximate surface area is 122 Å². The largest absolute Gasteiger partial charge is 0.497 e. The molecule has 1 aromatic rings. The van der Waals surface area contributed by atoms with E-state index in [2.05, 4.69) is 41.1 Å². The zero-order chi connectivity index (χ0) is 14.0. The van der Waals surface area contributed by atoms with Crippen molar-refractivity contribution in [3.8, 4) is 5.75 Å². The molecule has 0 N–H and O–H groups in total. The fourth-order valence-electron chi connectivity index (χ4n) is 3.93. The maximum Gasteiger partial charge on any atom is 0.118 e. The maximum absolute atomic E-state index is 5.23. The molecule has 0 bridgehead atoms. The van der Waals surface area contributed by atoms with Crippen molar-refractivity contribution in [1.82, 2.24) is 9.80 Å². The number of hydrogen-bond acceptors (Lipinski definition) is 3. The molecule has 110 valence electrons. The number of methoxy groups -OCH3 is 1. The van der Waals surface area contributed by atoms with Crippen molar-refractivity contribution in [2.75, 3.05) is 40.3 Å². The normalized spacial score (nSPS) is 28.1. The van der Waals surface area contributed by atoms with Crippen LogP contribution in [0.15, 0.2) is 24.3 Å². The third-order valence-corrected chi connectivity index (χ3v) is 4.93. The van der Waals surface area contributed by atoms with Crippen molar-refractivity contribution >= 4 is 0 Å². The molecule has 0 amide bonds. The van der Waals surface area contributed by atoms with Gasteiger partial charge in [0.05, 0.1) is 7.11 Å². The molecule has 3 heteroatoms. The van der Waals surface area contributed by atoms with Crippen LogP contribution in [0.3, 0.4) is 0 Å². The van der Waals surface area contributed by atoms with Gasteiger partial charge in [-0.3, -0.25) is 4.90 Å². The Morgan fingerprint density at radius 1 is 1.10 bits per heavy atom. The SMILES string of the molecule is COc1ccc(CN2CCC[C@]3(CCN(C)C3)C2)cc1. The highest BCUT2D eigenvalue weighted by molar-refractivity contribution is 5.27. The van der Waals surface area contributed by atoms with E-state index in [4.69, 9.17) is 4.74 Å². The van der Waals surface area contributed by atoms with Gasteiger partial charge in [0.1, 0.15) is 5.75 Å². The zero-order valence-electron chi connectivity index (χ0n) is 12.8. The lowest BCUT2D eigenvalue weighted by Crippen LogP contribution is -2.44. The van der Waals surface area contributed by atoms with Gasteiger partial charge in [-0.05, 0) is 62.5 Å². The summed E-state index contributed by atoms with van der Waals surface area (Å²) in [6, 6.07) is 8.53. The number of rotatable bonds is 3. The lowest BCUT2D eigenvalue weighted by Gasteiger charge is -2.40. The fraction of sp³-hybridized carbons (Fsp3) is 0.647. The van der Waals surface area contributed by atoms with Crippen molar-refractivity contribution in [1.29, 1.82) is 0 Å². The molecule has 0 aliphatic carbocycles. The van der Waals surface area contributed by atoms with Gasteiger partial charge in [-0.2, -0.15) is 0 Å². The predicted molar refractivity (Wildman–Crippen MR) is 82.1 cm³/mol. The van der Waals surface area contributed by atoms with E-state index in [0.29, 0.717) is 5.41 Å². The van der Waals surface area contributed by atoms with Gasteiger partial charge in [-0.15, -0.1) is 0 Å². The Hall–Kier alpha value is -1.06. The fourth-order valence-corrected chi connectivity index (χ4v) is 3.93. The second kappa shape index (κ2) is 5.74. The van der Waals surface area contributed by atoms with E-state index in [1.807, 2.05) is 0 Å². The summed E-state index contributed by atoms with van der Waals surface area (Å²) in [5.74, 6) is 0.946. The molecule has 3 nitrogen and oxygen atoms in total. The Morgan fingerprint density at radius 3 is 2.55 bits per heavy atom. The smallest absolute Gasteiger partial charge is 0.118 e. The molecule has 2 aliphatic rings. The van der Waals surface area contributed by atoms with Crippen LogP contribution in [0.5, 0.6) is 5.75 Å². The molecule has 20 heavy (non-hydrogen) atoms. The monoisotopic (exact) mass is 274 g/mol. The van der Waals surface area contributed by atoms with Crippen LogP contribution in [-0.4, -0.2) is 50.1 Å². The molecule has 2 saturated heterocycles. The van der Waals surface area contributed by atoms with Crippen LogP contribution in [0, 0.1) is 5.41 Å². The van der Waals surface area contributed by atoms with Crippen LogP contribution < -0.4 is 4.74 Å². The Bertz CT molecular complexity index is 441. The summed E-state index contributed by atoms with van der Waals surface area (Å²) in [5.41, 5.74) is 1.97. The zero-order valence-corrected chi connectivity index (χ0v) is 12.8. The average molecular weight is 274 g/mol. The number of nitrogens with zero attached hydrogens (tertiary/aromatic N) is 2. The van der Waals surface area contributed by atoms with E-state index in [1.165, 1.54) is 51.0 Å². The molecule has 0 saturated carbocycles. The van der Waals surface area contributed by atoms with Gasteiger partial charge >= 0.3 is 0 Å². The molecule has 1 aromatic carbocycles. The summed E-state index contributed by atoms with van der Waals surface area (Å²) >= 11 is 0. The molecule has 0 radical (unpaired) electrons. The molecule has 0 unspecified atom stereocenters. The van der Waals surface area contributed by atoms with E-state index in [0.717, 1.165) is 12.3 Å². The Kier molecular flexibility index (Phi) is 3.99. The first-order valence-electron chi connectivity index (χ1n) is 7.73. The lowest BCUT2D eigenvalue weighted by atomic mass is 9.79. The standard InChI is InChI=1S/C17H26N2O/c1-18-11-9-17(13-18)8-3-10-19(14-17)12-15-4-6-16(20-2)7-5-15/h4-7H,3,8-14H2,1-2H3/t17-/m1/s1. The van der Waals surface area contributed by atoms with Crippen molar-refractivity contribution in [2.24, 2.45) is 5.41 Å². The Morgan fingerprint density at radius 2 is 1.90 bits per heavy atom. The molecule has 1 spiro atoms. The van der Waals surface area contributed by atoms with Crippen LogP contribution in [0.1, 0.15) is 24.8 Å². The predicted octanol–water partition coefficient (Wildman–Crippen LogP) is 2.61. The van der Waals surface area contributed by atoms with E-state index < -0.39 is 0 Å². The van der Waals surface area contributed by atoms with Crippen molar-refractivity contribution in [3.05, 3.63) is 29.8 Å². The van der Waals surface area contributed by atoms with Gasteiger partial charge < -0.3 is 9.64 Å². The molecule has 2 aliphatic heterocycles. The molecular formula is C17H26N2O. The first-order chi connectivity index (χ1) is 9.69. The van der Waals surface area contributed by atoms with E-state index in [-0.39, 0.29) is 0 Å². The van der Waals surface area contributed by atoms with E-state index >= 15 is 0 Å². The van der Waals surface area contributed by atoms with Gasteiger partial charge in [-0.25, -0.2) is 0 Å². The van der Waals surface area contributed by atoms with Crippen LogP contribution in [0.2, 0.25) is 0 Å². The van der Waals surface area contributed by atoms with Gasteiger partial charge in [0, 0.05) is 19.6 Å². The quantitative estimate of drug-likeness (QED) is 0.842. The molecule has 2 heterocycles. The summed E-state index contributed by atoms with van der Waals surface area (Å²) in [7, 11) is 3.98. The van der Waals surface area contributed by atoms with Crippen molar-refractivity contribution in [3.63, 3.8) is 0 Å². The number of likely N-dealkylation sites (tertiary alicyclic amines) is 2. The van der Waals surface area contributed by atoms with Crippen LogP contribution in [0.4, 0.5) is 0 Å². The highest BCUT2D eigenvalue weighted by atomic mass is 16.5. The minimum Gasteiger partial charge on any atom is -0.497 e. The average Bonchev–Trinajstić information content (AvgIpc) is 2.80. The van der Waals surface area contributed by atoms with Crippen LogP contribution in [0.25, 0.3) is 0 Å². The molecule has 0 aromatic heterocycles. The van der Waals surface area contributed by atoms with Crippen LogP contribution in [-0.2, 0) is 6.54 Å². The highest BCUT2D eigenvalue weighted by Crippen LogP contribution is 2.38. The molecular weight excluding hydrogens is 248 g/mol. The van der Waals surface area contributed by atoms with E-state index in [1.54, 1.807) is 7.11 Å². The molecule has 1 atom stereocenters. The van der Waals surface area contributed by atoms with Gasteiger partial charge in [-0.1, -0.05) is 12.1 Å². The van der Waals surface area contributed by atoms with Gasteiger partial charge in [0.15, 0.2) is 0 Å². The second-order valence-electron chi connectivity index (χ2n) is 6.65. The number of piperidine rings is 1. The third-order valence-electron chi connectivity index (χ3n) is 4.93. The topological polar surface area (TPSA) is 15.7 Å². The van der Waals surface area contributed by atoms with Crippen molar-refractivity contribution in [2.45, 2.75) is 25.8 Å². The highest BCUT2D eigenvalue weighted by Gasteiger charge is 2.39. The lowest BCUT2D eigenvalue weighted by molar-refractivity contribution is 0.0899. The van der Waals surface area contributed by atoms with E-state index in [9.17, 15) is 0 Å². The summed E-state index contributed by atoms with van der Waals surface area (Å²) in [5, 5.41) is 0. The maximum atomic E-state index is 5.23. The summed E-state index contributed by atoms with van der Waals surface area (Å²) in [6.07, 6.45) is 4.14. The minimum absolute atomic E-state index is 0.569. The van der Waals surface area contributed by atoms with Crippen LogP contribution >= 0.6 is 0 Å². The summed E-state index contributed by atoms with van der Waals surface area (Å²) < 4.78 is 5.23. The van der Waals surface area contributed by atoms with Gasteiger partial charge in [0.25, 0.3) is 0 Å². The second-order valence-corrected chi connectivity index (χ2v) is 6.65. The third kappa shape index (κ3) is 2.99. The molecule has 3 rings (SSSR count). The summed E-state index contributed by atoms with van der Waals surface area (Å²) in [4.78, 5) is 5.14. The number of ether oxygens (including phenoxy) is 1. The minimum atomic E-state index is 0.569. The number of benzene rings is 1.